The Bertz CT molecular complexity index is 827. The van der Waals surface area contributed by atoms with Crippen LogP contribution in [0.4, 0.5) is 0 Å². The zero-order chi connectivity index (χ0) is 14.8. The first-order valence-corrected chi connectivity index (χ1v) is 7.41. The molecule has 4 heteroatoms. The van der Waals surface area contributed by atoms with Crippen molar-refractivity contribution < 1.29 is 14.6 Å². The van der Waals surface area contributed by atoms with E-state index in [1.54, 1.807) is 18.2 Å². The number of carbonyl (C=O) groups is 1. The lowest BCUT2D eigenvalue weighted by atomic mass is 10.0. The summed E-state index contributed by atoms with van der Waals surface area (Å²) < 4.78 is 6.99. The quantitative estimate of drug-likeness (QED) is 0.645. The molecule has 0 saturated heterocycles. The monoisotopic (exact) mass is 390 g/mol. The normalized spacial score (nSPS) is 10.5. The van der Waals surface area contributed by atoms with E-state index in [1.165, 1.54) is 0 Å². The van der Waals surface area contributed by atoms with Crippen LogP contribution < -0.4 is 4.74 Å². The molecule has 3 aromatic carbocycles. The van der Waals surface area contributed by atoms with Crippen LogP contribution in [0.2, 0.25) is 0 Å². The molecule has 1 N–H and O–H groups in total. The number of carboxylic acid groups (broad SMARTS) is 1. The second kappa shape index (κ2) is 5.73. The molecule has 21 heavy (non-hydrogen) atoms. The lowest BCUT2D eigenvalue weighted by Gasteiger charge is -2.11. The van der Waals surface area contributed by atoms with Crippen molar-refractivity contribution in [2.45, 2.75) is 0 Å². The molecule has 0 fully saturated rings. The minimum Gasteiger partial charge on any atom is -0.478 e. The minimum absolute atomic E-state index is 0.278. The first kappa shape index (κ1) is 13.9. The molecule has 0 aliphatic heterocycles. The molecular weight excluding hydrogens is 379 g/mol. The molecule has 0 unspecified atom stereocenters. The smallest absolute Gasteiger partial charge is 0.336 e. The fourth-order valence-electron chi connectivity index (χ4n) is 2.20. The summed E-state index contributed by atoms with van der Waals surface area (Å²) in [5.74, 6) is 0.444. The first-order chi connectivity index (χ1) is 10.1. The third-order valence-electron chi connectivity index (χ3n) is 3.14. The van der Waals surface area contributed by atoms with E-state index in [9.17, 15) is 9.90 Å². The summed E-state index contributed by atoms with van der Waals surface area (Å²) in [6.07, 6.45) is 0. The lowest BCUT2D eigenvalue weighted by Crippen LogP contribution is -1.98. The number of carboxylic acids is 1. The van der Waals surface area contributed by atoms with Crippen molar-refractivity contribution in [2.75, 3.05) is 0 Å². The molecule has 3 rings (SSSR count). The van der Waals surface area contributed by atoms with Gasteiger partial charge in [0.1, 0.15) is 11.5 Å². The van der Waals surface area contributed by atoms with Gasteiger partial charge in [-0.2, -0.15) is 0 Å². The average molecular weight is 390 g/mol. The summed E-state index contributed by atoms with van der Waals surface area (Å²) >= 11 is 2.22. The van der Waals surface area contributed by atoms with Crippen molar-refractivity contribution in [3.05, 3.63) is 69.8 Å². The molecule has 0 atom stereocenters. The van der Waals surface area contributed by atoms with E-state index in [4.69, 9.17) is 4.74 Å². The summed E-state index contributed by atoms with van der Waals surface area (Å²) in [7, 11) is 0. The molecule has 0 aliphatic carbocycles. The van der Waals surface area contributed by atoms with Crippen molar-refractivity contribution in [1.29, 1.82) is 0 Å². The Morgan fingerprint density at radius 1 is 0.952 bits per heavy atom. The number of rotatable bonds is 3. The van der Waals surface area contributed by atoms with Gasteiger partial charge < -0.3 is 9.84 Å². The zero-order valence-electron chi connectivity index (χ0n) is 10.9. The maximum Gasteiger partial charge on any atom is 0.336 e. The maximum absolute atomic E-state index is 11.3. The fourth-order valence-corrected chi connectivity index (χ4v) is 2.72. The highest BCUT2D eigenvalue weighted by atomic mass is 127. The SMILES string of the molecule is O=C(O)c1ccc(Oc2cccc(I)c2)c2ccccc12. The standard InChI is InChI=1S/C17H11IO3/c18-11-4-3-5-12(10-11)21-16-9-8-15(17(19)20)13-6-1-2-7-14(13)16/h1-10H,(H,19,20). The van der Waals surface area contributed by atoms with E-state index < -0.39 is 5.97 Å². The molecule has 3 nitrogen and oxygen atoms in total. The molecule has 0 bridgehead atoms. The summed E-state index contributed by atoms with van der Waals surface area (Å²) in [6.45, 7) is 0. The van der Waals surface area contributed by atoms with Gasteiger partial charge in [0.05, 0.1) is 5.56 Å². The Morgan fingerprint density at radius 3 is 2.43 bits per heavy atom. The Kier molecular flexibility index (Phi) is 3.79. The van der Waals surface area contributed by atoms with E-state index in [0.29, 0.717) is 11.1 Å². The Balaban J connectivity index is 2.12. The van der Waals surface area contributed by atoms with Gasteiger partial charge in [-0.15, -0.1) is 0 Å². The highest BCUT2D eigenvalue weighted by Gasteiger charge is 2.12. The van der Waals surface area contributed by atoms with Crippen LogP contribution in [0.5, 0.6) is 11.5 Å². The molecule has 0 amide bonds. The summed E-state index contributed by atoms with van der Waals surface area (Å²) in [6, 6.07) is 18.3. The molecule has 104 valence electrons. The first-order valence-electron chi connectivity index (χ1n) is 6.33. The van der Waals surface area contributed by atoms with Gasteiger partial charge in [-0.1, -0.05) is 30.3 Å². The van der Waals surface area contributed by atoms with Gasteiger partial charge in [-0.25, -0.2) is 4.79 Å². The van der Waals surface area contributed by atoms with Crippen molar-refractivity contribution >= 4 is 39.3 Å². The summed E-state index contributed by atoms with van der Waals surface area (Å²) in [4.78, 5) is 11.3. The number of benzene rings is 3. The molecule has 0 aliphatic rings. The van der Waals surface area contributed by atoms with Gasteiger partial charge in [0.25, 0.3) is 0 Å². The third kappa shape index (κ3) is 2.85. The largest absolute Gasteiger partial charge is 0.478 e. The van der Waals surface area contributed by atoms with Crippen molar-refractivity contribution in [1.82, 2.24) is 0 Å². The van der Waals surface area contributed by atoms with Crippen LogP contribution in [0, 0.1) is 3.57 Å². The van der Waals surface area contributed by atoms with Crippen LogP contribution in [0.1, 0.15) is 10.4 Å². The predicted octanol–water partition coefficient (Wildman–Crippen LogP) is 4.93. The molecule has 0 aromatic heterocycles. The van der Waals surface area contributed by atoms with E-state index in [1.807, 2.05) is 42.5 Å². The predicted molar refractivity (Wildman–Crippen MR) is 90.1 cm³/mol. The molecule has 3 aromatic rings. The number of hydrogen-bond donors (Lipinski definition) is 1. The van der Waals surface area contributed by atoms with Crippen LogP contribution >= 0.6 is 22.6 Å². The molecular formula is C17H11IO3. The maximum atomic E-state index is 11.3. The van der Waals surface area contributed by atoms with E-state index >= 15 is 0 Å². The second-order valence-electron chi connectivity index (χ2n) is 4.52. The van der Waals surface area contributed by atoms with Crippen molar-refractivity contribution in [3.8, 4) is 11.5 Å². The third-order valence-corrected chi connectivity index (χ3v) is 3.81. The Morgan fingerprint density at radius 2 is 1.71 bits per heavy atom. The van der Waals surface area contributed by atoms with Crippen LogP contribution in [0.3, 0.4) is 0 Å². The zero-order valence-corrected chi connectivity index (χ0v) is 13.1. The number of halogens is 1. The second-order valence-corrected chi connectivity index (χ2v) is 5.77. The summed E-state index contributed by atoms with van der Waals surface area (Å²) in [5.41, 5.74) is 0.278. The molecule has 0 heterocycles. The average Bonchev–Trinajstić information content (AvgIpc) is 2.47. The van der Waals surface area contributed by atoms with Crippen LogP contribution in [-0.2, 0) is 0 Å². The number of fused-ring (bicyclic) bond motifs is 1. The molecule has 0 spiro atoms. The van der Waals surface area contributed by atoms with Gasteiger partial charge in [0, 0.05) is 8.96 Å². The number of aromatic carboxylic acids is 1. The Labute approximate surface area is 135 Å². The van der Waals surface area contributed by atoms with Crippen LogP contribution in [-0.4, -0.2) is 11.1 Å². The molecule has 0 radical (unpaired) electrons. The van der Waals surface area contributed by atoms with Gasteiger partial charge in [-0.3, -0.25) is 0 Å². The van der Waals surface area contributed by atoms with E-state index in [0.717, 1.165) is 14.7 Å². The lowest BCUT2D eigenvalue weighted by molar-refractivity contribution is 0.0699. The number of hydrogen-bond acceptors (Lipinski definition) is 2. The highest BCUT2D eigenvalue weighted by Crippen LogP contribution is 2.32. The fraction of sp³-hybridized carbons (Fsp3) is 0. The van der Waals surface area contributed by atoms with Crippen molar-refractivity contribution in [3.63, 3.8) is 0 Å². The number of ether oxygens (including phenoxy) is 1. The highest BCUT2D eigenvalue weighted by molar-refractivity contribution is 14.1. The minimum atomic E-state index is -0.938. The van der Waals surface area contributed by atoms with Crippen LogP contribution in [0.15, 0.2) is 60.7 Å². The van der Waals surface area contributed by atoms with E-state index in [-0.39, 0.29) is 5.56 Å². The molecule has 0 saturated carbocycles. The van der Waals surface area contributed by atoms with Crippen LogP contribution in [0.25, 0.3) is 10.8 Å². The Hall–Kier alpha value is -2.08. The van der Waals surface area contributed by atoms with E-state index in [2.05, 4.69) is 22.6 Å². The van der Waals surface area contributed by atoms with Gasteiger partial charge >= 0.3 is 5.97 Å². The van der Waals surface area contributed by atoms with Gasteiger partial charge in [0.15, 0.2) is 0 Å². The van der Waals surface area contributed by atoms with Crippen molar-refractivity contribution in [2.24, 2.45) is 0 Å². The van der Waals surface area contributed by atoms with Gasteiger partial charge in [-0.05, 0) is 58.3 Å². The van der Waals surface area contributed by atoms with Gasteiger partial charge in [0.2, 0.25) is 0 Å². The topological polar surface area (TPSA) is 46.5 Å². The summed E-state index contributed by atoms with van der Waals surface area (Å²) in [5, 5.41) is 10.7.